The van der Waals surface area contributed by atoms with Crippen LogP contribution in [-0.4, -0.2) is 18.5 Å². The van der Waals surface area contributed by atoms with Crippen molar-refractivity contribution >= 4 is 45.2 Å². The van der Waals surface area contributed by atoms with Gasteiger partial charge in [0.25, 0.3) is 5.91 Å². The van der Waals surface area contributed by atoms with Crippen molar-refractivity contribution in [3.05, 3.63) is 57.5 Å². The van der Waals surface area contributed by atoms with Crippen LogP contribution in [-0.2, 0) is 4.79 Å². The summed E-state index contributed by atoms with van der Waals surface area (Å²) in [6.07, 6.45) is 0. The molecule has 2 aromatic rings. The van der Waals surface area contributed by atoms with E-state index in [0.717, 1.165) is 10.0 Å². The topological polar surface area (TPSA) is 79.5 Å². The van der Waals surface area contributed by atoms with Crippen LogP contribution < -0.4 is 20.9 Å². The number of urea groups is 1. The van der Waals surface area contributed by atoms with E-state index in [2.05, 4.69) is 32.1 Å². The van der Waals surface area contributed by atoms with E-state index in [9.17, 15) is 9.59 Å². The molecule has 0 aliphatic carbocycles. The molecule has 126 valence electrons. The number of carbonyl (C=O) groups excluding carboxylic acids is 2. The minimum atomic E-state index is -0.595. The lowest BCUT2D eigenvalue weighted by atomic mass is 10.2. The van der Waals surface area contributed by atoms with Gasteiger partial charge in [0.15, 0.2) is 6.61 Å². The Morgan fingerprint density at radius 1 is 1.17 bits per heavy atom. The summed E-state index contributed by atoms with van der Waals surface area (Å²) >= 11 is 9.17. The summed E-state index contributed by atoms with van der Waals surface area (Å²) in [4.78, 5) is 23.4. The fraction of sp³-hybridized carbons (Fsp3) is 0.125. The zero-order valence-corrected chi connectivity index (χ0v) is 15.1. The van der Waals surface area contributed by atoms with Crippen molar-refractivity contribution in [1.29, 1.82) is 0 Å². The van der Waals surface area contributed by atoms with Gasteiger partial charge in [-0.15, -0.1) is 0 Å². The first-order chi connectivity index (χ1) is 11.4. The standard InChI is InChI=1S/C16H15BrClN3O3/c1-10-5-6-14(13(17)7-10)24-9-15(22)20-21-16(23)19-12-4-2-3-11(18)8-12/h2-8H,9H2,1H3,(H,20,22)(H2,19,21,23). The van der Waals surface area contributed by atoms with E-state index >= 15 is 0 Å². The van der Waals surface area contributed by atoms with Crippen molar-refractivity contribution in [2.45, 2.75) is 6.92 Å². The maximum atomic E-state index is 11.7. The molecular formula is C16H15BrClN3O3. The first-order valence-electron chi connectivity index (χ1n) is 6.94. The molecule has 0 spiro atoms. The van der Waals surface area contributed by atoms with Gasteiger partial charge in [-0.25, -0.2) is 10.2 Å². The Bertz CT molecular complexity index is 755. The monoisotopic (exact) mass is 411 g/mol. The minimum absolute atomic E-state index is 0.237. The van der Waals surface area contributed by atoms with E-state index in [1.807, 2.05) is 19.1 Å². The molecule has 0 saturated heterocycles. The van der Waals surface area contributed by atoms with Gasteiger partial charge in [-0.1, -0.05) is 23.7 Å². The van der Waals surface area contributed by atoms with E-state index in [4.69, 9.17) is 16.3 Å². The van der Waals surface area contributed by atoms with Crippen LogP contribution in [0.5, 0.6) is 5.75 Å². The van der Waals surface area contributed by atoms with Gasteiger partial charge >= 0.3 is 6.03 Å². The number of carbonyl (C=O) groups is 2. The third kappa shape index (κ3) is 5.75. The van der Waals surface area contributed by atoms with Crippen molar-refractivity contribution in [2.75, 3.05) is 11.9 Å². The zero-order valence-electron chi connectivity index (χ0n) is 12.7. The normalized spacial score (nSPS) is 9.96. The number of hydrazine groups is 1. The number of ether oxygens (including phenoxy) is 1. The van der Waals surface area contributed by atoms with E-state index < -0.39 is 11.9 Å². The van der Waals surface area contributed by atoms with Gasteiger partial charge in [0.2, 0.25) is 0 Å². The van der Waals surface area contributed by atoms with Gasteiger partial charge < -0.3 is 10.1 Å². The van der Waals surface area contributed by atoms with Crippen molar-refractivity contribution in [2.24, 2.45) is 0 Å². The highest BCUT2D eigenvalue weighted by atomic mass is 79.9. The smallest absolute Gasteiger partial charge is 0.337 e. The molecule has 0 aliphatic rings. The van der Waals surface area contributed by atoms with Crippen LogP contribution in [0, 0.1) is 6.92 Å². The summed E-state index contributed by atoms with van der Waals surface area (Å²) in [5, 5.41) is 3.02. The van der Waals surface area contributed by atoms with Crippen LogP contribution >= 0.6 is 27.5 Å². The summed E-state index contributed by atoms with van der Waals surface area (Å²) in [5.41, 5.74) is 6.05. The number of rotatable bonds is 4. The van der Waals surface area contributed by atoms with Crippen LogP contribution in [0.25, 0.3) is 0 Å². The second kappa shape index (κ2) is 8.56. The number of halogens is 2. The van der Waals surface area contributed by atoms with Gasteiger partial charge in [-0.05, 0) is 58.7 Å². The van der Waals surface area contributed by atoms with Crippen molar-refractivity contribution in [3.8, 4) is 5.75 Å². The van der Waals surface area contributed by atoms with Gasteiger partial charge in [0.05, 0.1) is 4.47 Å². The Morgan fingerprint density at radius 3 is 2.67 bits per heavy atom. The molecule has 0 bridgehead atoms. The van der Waals surface area contributed by atoms with E-state index in [-0.39, 0.29) is 6.61 Å². The van der Waals surface area contributed by atoms with Crippen LogP contribution in [0.3, 0.4) is 0 Å². The van der Waals surface area contributed by atoms with Gasteiger partial charge in [0.1, 0.15) is 5.75 Å². The Kier molecular flexibility index (Phi) is 6.45. The van der Waals surface area contributed by atoms with Crippen molar-refractivity contribution in [1.82, 2.24) is 10.9 Å². The molecule has 0 atom stereocenters. The Morgan fingerprint density at radius 2 is 1.96 bits per heavy atom. The molecule has 2 aromatic carbocycles. The first-order valence-corrected chi connectivity index (χ1v) is 8.11. The van der Waals surface area contributed by atoms with Crippen molar-refractivity contribution in [3.63, 3.8) is 0 Å². The molecule has 0 aromatic heterocycles. The number of anilines is 1. The Balaban J connectivity index is 1.75. The molecule has 0 aliphatic heterocycles. The molecular weight excluding hydrogens is 398 g/mol. The van der Waals surface area contributed by atoms with E-state index in [1.54, 1.807) is 30.3 Å². The SMILES string of the molecule is Cc1ccc(OCC(=O)NNC(=O)Nc2cccc(Cl)c2)c(Br)c1. The number of benzene rings is 2. The number of amides is 3. The zero-order chi connectivity index (χ0) is 17.5. The summed E-state index contributed by atoms with van der Waals surface area (Å²) in [6.45, 7) is 1.71. The molecule has 0 fully saturated rings. The van der Waals surface area contributed by atoms with E-state index in [0.29, 0.717) is 16.5 Å². The van der Waals surface area contributed by atoms with Gasteiger partial charge in [0, 0.05) is 10.7 Å². The summed E-state index contributed by atoms with van der Waals surface area (Å²) < 4.78 is 6.12. The van der Waals surface area contributed by atoms with Gasteiger partial charge in [-0.3, -0.25) is 10.2 Å². The summed E-state index contributed by atoms with van der Waals surface area (Å²) in [7, 11) is 0. The molecule has 6 nitrogen and oxygen atoms in total. The largest absolute Gasteiger partial charge is 0.483 e. The van der Waals surface area contributed by atoms with Crippen LogP contribution in [0.15, 0.2) is 46.9 Å². The third-order valence-electron chi connectivity index (χ3n) is 2.84. The molecule has 0 heterocycles. The lowest BCUT2D eigenvalue weighted by molar-refractivity contribution is -0.123. The summed E-state index contributed by atoms with van der Waals surface area (Å²) in [5.74, 6) is 0.0443. The molecule has 24 heavy (non-hydrogen) atoms. The highest BCUT2D eigenvalue weighted by molar-refractivity contribution is 9.10. The van der Waals surface area contributed by atoms with Crippen LogP contribution in [0.1, 0.15) is 5.56 Å². The molecule has 0 unspecified atom stereocenters. The Hall–Kier alpha value is -2.25. The van der Waals surface area contributed by atoms with Crippen LogP contribution in [0.2, 0.25) is 5.02 Å². The predicted molar refractivity (Wildman–Crippen MR) is 96.1 cm³/mol. The average molecular weight is 413 g/mol. The molecule has 3 amide bonds. The predicted octanol–water partition coefficient (Wildman–Crippen LogP) is 3.64. The highest BCUT2D eigenvalue weighted by Crippen LogP contribution is 2.25. The molecule has 0 radical (unpaired) electrons. The summed E-state index contributed by atoms with van der Waals surface area (Å²) in [6, 6.07) is 11.6. The second-order valence-electron chi connectivity index (χ2n) is 4.86. The third-order valence-corrected chi connectivity index (χ3v) is 3.70. The molecule has 3 N–H and O–H groups in total. The number of aryl methyl sites for hydroxylation is 1. The highest BCUT2D eigenvalue weighted by Gasteiger charge is 2.07. The van der Waals surface area contributed by atoms with Crippen LogP contribution in [0.4, 0.5) is 10.5 Å². The van der Waals surface area contributed by atoms with Gasteiger partial charge in [-0.2, -0.15) is 0 Å². The molecule has 8 heteroatoms. The van der Waals surface area contributed by atoms with E-state index in [1.165, 1.54) is 0 Å². The quantitative estimate of drug-likeness (QED) is 0.671. The molecule has 0 saturated carbocycles. The fourth-order valence-corrected chi connectivity index (χ4v) is 2.56. The fourth-order valence-electron chi connectivity index (χ4n) is 1.76. The number of hydrogen-bond acceptors (Lipinski definition) is 3. The minimum Gasteiger partial charge on any atom is -0.483 e. The average Bonchev–Trinajstić information content (AvgIpc) is 2.52. The number of hydrogen-bond donors (Lipinski definition) is 3. The number of nitrogens with one attached hydrogen (secondary N) is 3. The first kappa shape index (κ1) is 18.1. The Labute approximate surface area is 152 Å². The second-order valence-corrected chi connectivity index (χ2v) is 6.15. The molecule has 2 rings (SSSR count). The maximum Gasteiger partial charge on any atom is 0.337 e. The maximum absolute atomic E-state index is 11.7. The van der Waals surface area contributed by atoms with Crippen molar-refractivity contribution < 1.29 is 14.3 Å². The lowest BCUT2D eigenvalue weighted by Crippen LogP contribution is -2.45. The lowest BCUT2D eigenvalue weighted by Gasteiger charge is -2.11.